The van der Waals surface area contributed by atoms with Crippen LogP contribution in [-0.2, 0) is 0 Å². The summed E-state index contributed by atoms with van der Waals surface area (Å²) in [4.78, 5) is 2.66. The predicted molar refractivity (Wildman–Crippen MR) is 78.9 cm³/mol. The van der Waals surface area contributed by atoms with Crippen LogP contribution >= 0.6 is 0 Å². The Balaban J connectivity index is 1.81. The van der Waals surface area contributed by atoms with Gasteiger partial charge in [-0.05, 0) is 57.5 Å². The lowest BCUT2D eigenvalue weighted by Crippen LogP contribution is -2.47. The van der Waals surface area contributed by atoms with E-state index in [2.05, 4.69) is 31.1 Å². The summed E-state index contributed by atoms with van der Waals surface area (Å²) < 4.78 is 0. The van der Waals surface area contributed by atoms with Crippen LogP contribution in [0.25, 0.3) is 0 Å². The van der Waals surface area contributed by atoms with Crippen LogP contribution in [0.3, 0.4) is 0 Å². The Morgan fingerprint density at radius 2 is 1.89 bits per heavy atom. The standard InChI is InChI=1S/C16H32N2/c1-4-11-17-15(14-9-10-14)12-18(3)16-8-6-5-7-13(16)2/h13-17H,4-12H2,1-3H3. The van der Waals surface area contributed by atoms with Crippen molar-refractivity contribution in [1.29, 1.82) is 0 Å². The average Bonchev–Trinajstić information content (AvgIpc) is 3.19. The Hall–Kier alpha value is -0.0800. The first-order valence-electron chi connectivity index (χ1n) is 8.16. The maximum absolute atomic E-state index is 3.77. The van der Waals surface area contributed by atoms with E-state index in [1.54, 1.807) is 0 Å². The van der Waals surface area contributed by atoms with Gasteiger partial charge in [0.25, 0.3) is 0 Å². The van der Waals surface area contributed by atoms with Crippen LogP contribution in [0.2, 0.25) is 0 Å². The van der Waals surface area contributed by atoms with E-state index in [4.69, 9.17) is 0 Å². The molecule has 0 aliphatic heterocycles. The van der Waals surface area contributed by atoms with Crippen LogP contribution < -0.4 is 5.32 Å². The lowest BCUT2D eigenvalue weighted by molar-refractivity contribution is 0.124. The van der Waals surface area contributed by atoms with E-state index in [0.717, 1.165) is 23.9 Å². The van der Waals surface area contributed by atoms with Crippen molar-refractivity contribution in [3.8, 4) is 0 Å². The van der Waals surface area contributed by atoms with Crippen LogP contribution in [0, 0.1) is 11.8 Å². The van der Waals surface area contributed by atoms with Crippen molar-refractivity contribution < 1.29 is 0 Å². The summed E-state index contributed by atoms with van der Waals surface area (Å²) in [6.45, 7) is 7.17. The van der Waals surface area contributed by atoms with Crippen LogP contribution in [-0.4, -0.2) is 37.1 Å². The first kappa shape index (κ1) is 14.3. The fourth-order valence-corrected chi connectivity index (χ4v) is 3.61. The van der Waals surface area contributed by atoms with Crippen molar-refractivity contribution in [1.82, 2.24) is 10.2 Å². The van der Waals surface area contributed by atoms with Gasteiger partial charge in [0, 0.05) is 18.6 Å². The van der Waals surface area contributed by atoms with Crippen LogP contribution in [0.4, 0.5) is 0 Å². The maximum Gasteiger partial charge on any atom is 0.0223 e. The molecule has 2 aliphatic carbocycles. The summed E-state index contributed by atoms with van der Waals surface area (Å²) >= 11 is 0. The third kappa shape index (κ3) is 3.96. The van der Waals surface area contributed by atoms with Gasteiger partial charge in [-0.25, -0.2) is 0 Å². The number of nitrogens with zero attached hydrogens (tertiary/aromatic N) is 1. The van der Waals surface area contributed by atoms with Gasteiger partial charge in [-0.15, -0.1) is 0 Å². The molecule has 2 rings (SSSR count). The topological polar surface area (TPSA) is 15.3 Å². The van der Waals surface area contributed by atoms with Crippen molar-refractivity contribution in [2.75, 3.05) is 20.1 Å². The Kier molecular flexibility index (Phi) is 5.50. The Labute approximate surface area is 114 Å². The molecule has 18 heavy (non-hydrogen) atoms. The molecular weight excluding hydrogens is 220 g/mol. The molecule has 0 aromatic rings. The molecule has 3 unspecified atom stereocenters. The average molecular weight is 252 g/mol. The monoisotopic (exact) mass is 252 g/mol. The summed E-state index contributed by atoms with van der Waals surface area (Å²) in [6.07, 6.45) is 9.91. The zero-order valence-electron chi connectivity index (χ0n) is 12.6. The Morgan fingerprint density at radius 3 is 2.50 bits per heavy atom. The van der Waals surface area contributed by atoms with Crippen LogP contribution in [0.1, 0.15) is 58.8 Å². The Morgan fingerprint density at radius 1 is 1.17 bits per heavy atom. The summed E-state index contributed by atoms with van der Waals surface area (Å²) in [6, 6.07) is 1.59. The number of rotatable bonds is 7. The van der Waals surface area contributed by atoms with E-state index in [1.807, 2.05) is 0 Å². The molecule has 0 saturated heterocycles. The molecule has 0 bridgehead atoms. The summed E-state index contributed by atoms with van der Waals surface area (Å²) in [5.41, 5.74) is 0. The molecule has 0 aromatic carbocycles. The third-order valence-electron chi connectivity index (χ3n) is 4.96. The van der Waals surface area contributed by atoms with Crippen molar-refractivity contribution in [2.24, 2.45) is 11.8 Å². The summed E-state index contributed by atoms with van der Waals surface area (Å²) in [5, 5.41) is 3.77. The smallest absolute Gasteiger partial charge is 0.0223 e. The second kappa shape index (κ2) is 6.91. The molecule has 0 heterocycles. The quantitative estimate of drug-likeness (QED) is 0.748. The van der Waals surface area contributed by atoms with Gasteiger partial charge in [-0.2, -0.15) is 0 Å². The van der Waals surface area contributed by atoms with E-state index in [9.17, 15) is 0 Å². The van der Waals surface area contributed by atoms with Crippen molar-refractivity contribution in [3.05, 3.63) is 0 Å². The van der Waals surface area contributed by atoms with Gasteiger partial charge < -0.3 is 10.2 Å². The molecule has 3 atom stereocenters. The maximum atomic E-state index is 3.77. The van der Waals surface area contributed by atoms with Crippen molar-refractivity contribution >= 4 is 0 Å². The number of nitrogens with one attached hydrogen (secondary N) is 1. The molecule has 0 spiro atoms. The largest absolute Gasteiger partial charge is 0.312 e. The van der Waals surface area contributed by atoms with Gasteiger partial charge in [0.2, 0.25) is 0 Å². The fraction of sp³-hybridized carbons (Fsp3) is 1.00. The molecular formula is C16H32N2. The fourth-order valence-electron chi connectivity index (χ4n) is 3.61. The molecule has 0 radical (unpaired) electrons. The molecule has 2 fully saturated rings. The van der Waals surface area contributed by atoms with Gasteiger partial charge >= 0.3 is 0 Å². The zero-order chi connectivity index (χ0) is 13.0. The van der Waals surface area contributed by atoms with E-state index in [0.29, 0.717) is 0 Å². The molecule has 0 aromatic heterocycles. The lowest BCUT2D eigenvalue weighted by Gasteiger charge is -2.38. The molecule has 0 amide bonds. The highest BCUT2D eigenvalue weighted by Gasteiger charge is 2.33. The minimum Gasteiger partial charge on any atom is -0.312 e. The van der Waals surface area contributed by atoms with E-state index < -0.39 is 0 Å². The molecule has 2 heteroatoms. The van der Waals surface area contributed by atoms with Crippen LogP contribution in [0.15, 0.2) is 0 Å². The predicted octanol–water partition coefficient (Wildman–Crippen LogP) is 3.28. The molecule has 2 nitrogen and oxygen atoms in total. The van der Waals surface area contributed by atoms with Gasteiger partial charge in [-0.3, -0.25) is 0 Å². The molecule has 1 N–H and O–H groups in total. The first-order chi connectivity index (χ1) is 8.72. The SMILES string of the molecule is CCCNC(CN(C)C1CCCCC1C)C1CC1. The Bertz CT molecular complexity index is 237. The molecule has 106 valence electrons. The minimum atomic E-state index is 0.754. The van der Waals surface area contributed by atoms with Gasteiger partial charge in [0.15, 0.2) is 0 Å². The normalized spacial score (nSPS) is 30.7. The summed E-state index contributed by atoms with van der Waals surface area (Å²) in [5.74, 6) is 1.87. The van der Waals surface area contributed by atoms with E-state index in [-0.39, 0.29) is 0 Å². The van der Waals surface area contributed by atoms with Crippen LogP contribution in [0.5, 0.6) is 0 Å². The minimum absolute atomic E-state index is 0.754. The number of hydrogen-bond donors (Lipinski definition) is 1. The molecule has 2 aliphatic rings. The van der Waals surface area contributed by atoms with Gasteiger partial charge in [0.05, 0.1) is 0 Å². The highest BCUT2D eigenvalue weighted by atomic mass is 15.2. The highest BCUT2D eigenvalue weighted by Crippen LogP contribution is 2.34. The van der Waals surface area contributed by atoms with Gasteiger partial charge in [0.1, 0.15) is 0 Å². The van der Waals surface area contributed by atoms with E-state index >= 15 is 0 Å². The number of likely N-dealkylation sites (N-methyl/N-ethyl adjacent to an activating group) is 1. The number of hydrogen-bond acceptors (Lipinski definition) is 2. The van der Waals surface area contributed by atoms with Gasteiger partial charge in [-0.1, -0.05) is 26.7 Å². The lowest BCUT2D eigenvalue weighted by atomic mass is 9.85. The zero-order valence-corrected chi connectivity index (χ0v) is 12.6. The van der Waals surface area contributed by atoms with Crippen molar-refractivity contribution in [2.45, 2.75) is 70.9 Å². The van der Waals surface area contributed by atoms with Crippen molar-refractivity contribution in [3.63, 3.8) is 0 Å². The second-order valence-electron chi connectivity index (χ2n) is 6.67. The third-order valence-corrected chi connectivity index (χ3v) is 4.96. The highest BCUT2D eigenvalue weighted by molar-refractivity contribution is 4.90. The van der Waals surface area contributed by atoms with E-state index in [1.165, 1.54) is 58.0 Å². The summed E-state index contributed by atoms with van der Waals surface area (Å²) in [7, 11) is 2.36. The molecule has 2 saturated carbocycles. The first-order valence-corrected chi connectivity index (χ1v) is 8.16. The second-order valence-corrected chi connectivity index (χ2v) is 6.67.